The molecule has 0 radical (unpaired) electrons. The van der Waals surface area contributed by atoms with Crippen molar-refractivity contribution in [1.82, 2.24) is 9.97 Å². The van der Waals surface area contributed by atoms with Crippen LogP contribution in [0, 0.1) is 0 Å². The molecule has 0 saturated heterocycles. The van der Waals surface area contributed by atoms with Gasteiger partial charge in [0.15, 0.2) is 0 Å². The Hall–Kier alpha value is -1.35. The van der Waals surface area contributed by atoms with Gasteiger partial charge in [-0.15, -0.1) is 12.4 Å². The van der Waals surface area contributed by atoms with Crippen molar-refractivity contribution in [3.8, 4) is 5.75 Å². The molecule has 1 aromatic heterocycles. The van der Waals surface area contributed by atoms with E-state index in [1.165, 1.54) is 6.33 Å². The zero-order valence-electron chi connectivity index (χ0n) is 7.10. The van der Waals surface area contributed by atoms with Crippen LogP contribution in [0.2, 0.25) is 0 Å². The first-order valence-corrected chi connectivity index (χ1v) is 3.64. The van der Waals surface area contributed by atoms with Gasteiger partial charge in [-0.2, -0.15) is 0 Å². The summed E-state index contributed by atoms with van der Waals surface area (Å²) in [4.78, 5) is 8.02. The van der Waals surface area contributed by atoms with Crippen molar-refractivity contribution < 1.29 is 4.74 Å². The summed E-state index contributed by atoms with van der Waals surface area (Å²) in [7, 11) is 1.64. The van der Waals surface area contributed by atoms with E-state index in [1.807, 2.05) is 18.2 Å². The number of nitrogens with zero attached hydrogens (tertiary/aromatic N) is 2. The van der Waals surface area contributed by atoms with Crippen molar-refractivity contribution >= 4 is 23.3 Å². The summed E-state index contributed by atoms with van der Waals surface area (Å²) in [5.74, 6) is 0.821. The molecule has 0 spiro atoms. The number of aromatic nitrogens is 2. The van der Waals surface area contributed by atoms with Crippen LogP contribution in [0.4, 0.5) is 0 Å². The molecule has 0 atom stereocenters. The van der Waals surface area contributed by atoms with Crippen LogP contribution < -0.4 is 4.74 Å². The van der Waals surface area contributed by atoms with Gasteiger partial charge < -0.3 is 4.74 Å². The van der Waals surface area contributed by atoms with Gasteiger partial charge in [0, 0.05) is 17.6 Å². The van der Waals surface area contributed by atoms with Crippen molar-refractivity contribution in [2.75, 3.05) is 7.11 Å². The summed E-state index contributed by atoms with van der Waals surface area (Å²) < 4.78 is 5.06. The van der Waals surface area contributed by atoms with Gasteiger partial charge >= 0.3 is 0 Å². The Labute approximate surface area is 82.2 Å². The quantitative estimate of drug-likeness (QED) is 0.701. The Morgan fingerprint density at radius 2 is 2.15 bits per heavy atom. The summed E-state index contributed by atoms with van der Waals surface area (Å²) in [5.41, 5.74) is 0.907. The molecule has 2 rings (SSSR count). The SMILES string of the molecule is COc1ccc2cncnc2c1.Cl. The number of halogens is 1. The van der Waals surface area contributed by atoms with Crippen molar-refractivity contribution in [3.05, 3.63) is 30.7 Å². The van der Waals surface area contributed by atoms with E-state index >= 15 is 0 Å². The fraction of sp³-hybridized carbons (Fsp3) is 0.111. The third-order valence-electron chi connectivity index (χ3n) is 1.71. The predicted octanol–water partition coefficient (Wildman–Crippen LogP) is 2.06. The summed E-state index contributed by atoms with van der Waals surface area (Å²) in [6.07, 6.45) is 3.31. The Bertz CT molecular complexity index is 405. The average molecular weight is 197 g/mol. The number of rotatable bonds is 1. The first kappa shape index (κ1) is 9.74. The molecule has 0 aliphatic rings. The number of fused-ring (bicyclic) bond motifs is 1. The van der Waals surface area contributed by atoms with Crippen LogP contribution in [0.3, 0.4) is 0 Å². The van der Waals surface area contributed by atoms with Gasteiger partial charge in [-0.3, -0.25) is 0 Å². The number of hydrogen-bond donors (Lipinski definition) is 0. The summed E-state index contributed by atoms with van der Waals surface area (Å²) in [6, 6.07) is 5.72. The summed E-state index contributed by atoms with van der Waals surface area (Å²) >= 11 is 0. The molecule has 0 N–H and O–H groups in total. The van der Waals surface area contributed by atoms with Gasteiger partial charge in [-0.25, -0.2) is 9.97 Å². The summed E-state index contributed by atoms with van der Waals surface area (Å²) in [5, 5.41) is 1.03. The van der Waals surface area contributed by atoms with Crippen molar-refractivity contribution in [2.24, 2.45) is 0 Å². The van der Waals surface area contributed by atoms with Gasteiger partial charge in [0.2, 0.25) is 0 Å². The minimum atomic E-state index is 0. The van der Waals surface area contributed by atoms with E-state index < -0.39 is 0 Å². The third kappa shape index (κ3) is 1.87. The molecule has 0 unspecified atom stereocenters. The van der Waals surface area contributed by atoms with Crippen molar-refractivity contribution in [2.45, 2.75) is 0 Å². The second-order valence-corrected chi connectivity index (χ2v) is 2.45. The minimum absolute atomic E-state index is 0. The lowest BCUT2D eigenvalue weighted by atomic mass is 10.2. The van der Waals surface area contributed by atoms with E-state index in [0.29, 0.717) is 0 Å². The minimum Gasteiger partial charge on any atom is -0.497 e. The van der Waals surface area contributed by atoms with E-state index in [1.54, 1.807) is 13.3 Å². The van der Waals surface area contributed by atoms with Gasteiger partial charge in [0.1, 0.15) is 12.1 Å². The van der Waals surface area contributed by atoms with Crippen LogP contribution >= 0.6 is 12.4 Å². The maximum atomic E-state index is 5.06. The largest absolute Gasteiger partial charge is 0.497 e. The molecular formula is C9H9ClN2O. The van der Waals surface area contributed by atoms with E-state index in [9.17, 15) is 0 Å². The van der Waals surface area contributed by atoms with E-state index in [0.717, 1.165) is 16.7 Å². The Morgan fingerprint density at radius 1 is 1.31 bits per heavy atom. The highest BCUT2D eigenvalue weighted by molar-refractivity contribution is 5.85. The molecule has 1 heterocycles. The molecule has 3 nitrogen and oxygen atoms in total. The molecule has 0 bridgehead atoms. The number of hydrogen-bond acceptors (Lipinski definition) is 3. The lowest BCUT2D eigenvalue weighted by Gasteiger charge is -1.99. The second kappa shape index (κ2) is 4.05. The molecule has 0 saturated carbocycles. The molecule has 0 aliphatic heterocycles. The number of methoxy groups -OCH3 is 1. The van der Waals surface area contributed by atoms with Crippen LogP contribution in [0.5, 0.6) is 5.75 Å². The molecule has 4 heteroatoms. The third-order valence-corrected chi connectivity index (χ3v) is 1.71. The zero-order valence-corrected chi connectivity index (χ0v) is 7.91. The standard InChI is InChI=1S/C9H8N2O.ClH/c1-12-8-3-2-7-5-10-6-11-9(7)4-8;/h2-6H,1H3;1H. The van der Waals surface area contributed by atoms with Crippen LogP contribution in [0.15, 0.2) is 30.7 Å². The second-order valence-electron chi connectivity index (χ2n) is 2.45. The molecule has 68 valence electrons. The molecule has 1 aromatic carbocycles. The van der Waals surface area contributed by atoms with Crippen LogP contribution in [-0.2, 0) is 0 Å². The van der Waals surface area contributed by atoms with E-state index in [4.69, 9.17) is 4.74 Å². The number of benzene rings is 1. The van der Waals surface area contributed by atoms with Gasteiger partial charge in [0.05, 0.1) is 12.6 Å². The topological polar surface area (TPSA) is 35.0 Å². The lowest BCUT2D eigenvalue weighted by molar-refractivity contribution is 0.415. The maximum absolute atomic E-state index is 5.06. The molecule has 13 heavy (non-hydrogen) atoms. The van der Waals surface area contributed by atoms with Gasteiger partial charge in [0.25, 0.3) is 0 Å². The highest BCUT2D eigenvalue weighted by atomic mass is 35.5. The summed E-state index contributed by atoms with van der Waals surface area (Å²) in [6.45, 7) is 0. The molecule has 0 aliphatic carbocycles. The van der Waals surface area contributed by atoms with Crippen LogP contribution in [0.25, 0.3) is 10.9 Å². The highest BCUT2D eigenvalue weighted by Crippen LogP contribution is 2.16. The van der Waals surface area contributed by atoms with Gasteiger partial charge in [-0.1, -0.05) is 0 Å². The first-order chi connectivity index (χ1) is 5.90. The van der Waals surface area contributed by atoms with Crippen molar-refractivity contribution in [3.63, 3.8) is 0 Å². The normalized spacial score (nSPS) is 9.31. The fourth-order valence-corrected chi connectivity index (χ4v) is 1.08. The van der Waals surface area contributed by atoms with Crippen LogP contribution in [0.1, 0.15) is 0 Å². The predicted molar refractivity (Wildman–Crippen MR) is 53.3 cm³/mol. The molecule has 0 fully saturated rings. The Balaban J connectivity index is 0.000000845. The molecule has 2 aromatic rings. The molecule has 0 amide bonds. The van der Waals surface area contributed by atoms with Crippen LogP contribution in [-0.4, -0.2) is 17.1 Å². The van der Waals surface area contributed by atoms with Crippen molar-refractivity contribution in [1.29, 1.82) is 0 Å². The molecular weight excluding hydrogens is 188 g/mol. The average Bonchev–Trinajstić information content (AvgIpc) is 2.17. The zero-order chi connectivity index (χ0) is 8.39. The maximum Gasteiger partial charge on any atom is 0.121 e. The van der Waals surface area contributed by atoms with E-state index in [-0.39, 0.29) is 12.4 Å². The number of ether oxygens (including phenoxy) is 1. The fourth-order valence-electron chi connectivity index (χ4n) is 1.08. The van der Waals surface area contributed by atoms with Gasteiger partial charge in [-0.05, 0) is 12.1 Å². The van der Waals surface area contributed by atoms with E-state index in [2.05, 4.69) is 9.97 Å². The first-order valence-electron chi connectivity index (χ1n) is 3.64. The highest BCUT2D eigenvalue weighted by Gasteiger charge is 1.95. The smallest absolute Gasteiger partial charge is 0.121 e. The Morgan fingerprint density at radius 3 is 2.92 bits per heavy atom. The Kier molecular flexibility index (Phi) is 3.03. The monoisotopic (exact) mass is 196 g/mol. The lowest BCUT2D eigenvalue weighted by Crippen LogP contribution is -1.84.